The van der Waals surface area contributed by atoms with Gasteiger partial charge in [-0.25, -0.2) is 22.2 Å². The minimum atomic E-state index is -3.90. The quantitative estimate of drug-likeness (QED) is 0.840. The van der Waals surface area contributed by atoms with Crippen molar-refractivity contribution in [1.82, 2.24) is 13.7 Å². The van der Waals surface area contributed by atoms with Crippen LogP contribution in [0, 0.1) is 11.3 Å². The fourth-order valence-electron chi connectivity index (χ4n) is 2.40. The third-order valence-electron chi connectivity index (χ3n) is 3.67. The molecule has 0 aromatic carbocycles. The summed E-state index contributed by atoms with van der Waals surface area (Å²) in [5.41, 5.74) is 0.680. The number of imidazole rings is 1. The second kappa shape index (κ2) is 5.00. The summed E-state index contributed by atoms with van der Waals surface area (Å²) in [5, 5.41) is 8.75. The molecule has 22 heavy (non-hydrogen) atoms. The molecule has 0 saturated carbocycles. The number of aromatic nitrogens is 2. The van der Waals surface area contributed by atoms with Gasteiger partial charge in [0.1, 0.15) is 5.65 Å². The third-order valence-corrected chi connectivity index (χ3v) is 5.54. The molecule has 116 valence electrons. The molecular weight excluding hydrogens is 314 g/mol. The van der Waals surface area contributed by atoms with Crippen molar-refractivity contribution >= 4 is 15.7 Å². The number of nitriles is 1. The molecule has 0 radical (unpaired) electrons. The Morgan fingerprint density at radius 3 is 2.64 bits per heavy atom. The molecule has 3 heterocycles. The fraction of sp³-hybridized carbons (Fsp3) is 0.385. The second-order valence-corrected chi connectivity index (χ2v) is 7.00. The van der Waals surface area contributed by atoms with E-state index in [1.807, 2.05) is 6.07 Å². The van der Waals surface area contributed by atoms with Gasteiger partial charge in [0.15, 0.2) is 5.03 Å². The molecule has 1 aliphatic heterocycles. The van der Waals surface area contributed by atoms with Crippen LogP contribution in [0.1, 0.15) is 18.4 Å². The van der Waals surface area contributed by atoms with Crippen molar-refractivity contribution in [1.29, 1.82) is 5.26 Å². The van der Waals surface area contributed by atoms with Gasteiger partial charge in [-0.15, -0.1) is 0 Å². The summed E-state index contributed by atoms with van der Waals surface area (Å²) in [5.74, 6) is -2.81. The Kier molecular flexibility index (Phi) is 3.38. The zero-order valence-electron chi connectivity index (χ0n) is 11.4. The smallest absolute Gasteiger partial charge is 0.260 e. The van der Waals surface area contributed by atoms with Gasteiger partial charge in [-0.2, -0.15) is 9.57 Å². The number of fused-ring (bicyclic) bond motifs is 1. The van der Waals surface area contributed by atoms with Crippen molar-refractivity contribution in [3.8, 4) is 6.07 Å². The Labute approximate surface area is 125 Å². The van der Waals surface area contributed by atoms with Gasteiger partial charge in [0.05, 0.1) is 17.8 Å². The molecule has 2 aromatic rings. The predicted molar refractivity (Wildman–Crippen MR) is 72.8 cm³/mol. The molecule has 0 aliphatic carbocycles. The Bertz CT molecular complexity index is 860. The number of rotatable bonds is 2. The highest BCUT2D eigenvalue weighted by atomic mass is 32.2. The van der Waals surface area contributed by atoms with Crippen molar-refractivity contribution in [2.75, 3.05) is 13.1 Å². The highest BCUT2D eigenvalue weighted by Crippen LogP contribution is 2.30. The molecule has 0 unspecified atom stereocenters. The summed E-state index contributed by atoms with van der Waals surface area (Å²) in [4.78, 5) is 3.97. The minimum Gasteiger partial charge on any atom is -0.289 e. The normalized spacial score (nSPS) is 19.1. The third kappa shape index (κ3) is 2.44. The van der Waals surface area contributed by atoms with Gasteiger partial charge >= 0.3 is 0 Å². The predicted octanol–water partition coefficient (Wildman–Crippen LogP) is 1.63. The summed E-state index contributed by atoms with van der Waals surface area (Å²) in [6.07, 6.45) is 1.65. The average molecular weight is 326 g/mol. The summed E-state index contributed by atoms with van der Waals surface area (Å²) < 4.78 is 53.9. The van der Waals surface area contributed by atoms with Crippen LogP contribution in [0.4, 0.5) is 8.78 Å². The number of piperidine rings is 1. The van der Waals surface area contributed by atoms with Crippen molar-refractivity contribution in [2.45, 2.75) is 23.8 Å². The molecule has 1 saturated heterocycles. The van der Waals surface area contributed by atoms with Crippen LogP contribution < -0.4 is 0 Å². The maximum absolute atomic E-state index is 13.2. The van der Waals surface area contributed by atoms with Crippen LogP contribution in [0.2, 0.25) is 0 Å². The molecule has 6 nitrogen and oxygen atoms in total. The van der Waals surface area contributed by atoms with Crippen LogP contribution in [0.15, 0.2) is 29.6 Å². The van der Waals surface area contributed by atoms with Gasteiger partial charge in [-0.3, -0.25) is 4.40 Å². The van der Waals surface area contributed by atoms with E-state index in [0.717, 1.165) is 4.31 Å². The van der Waals surface area contributed by atoms with Crippen LogP contribution in [0.25, 0.3) is 5.65 Å². The monoisotopic (exact) mass is 326 g/mol. The topological polar surface area (TPSA) is 78.5 Å². The number of nitrogens with zero attached hydrogens (tertiary/aromatic N) is 4. The van der Waals surface area contributed by atoms with Crippen LogP contribution in [-0.4, -0.2) is 41.1 Å². The fourth-order valence-corrected chi connectivity index (χ4v) is 3.92. The number of sulfonamides is 1. The molecule has 0 bridgehead atoms. The SMILES string of the molecule is N#Cc1ccn2c(S(=O)(=O)N3CCC(F)(F)CC3)cnc2c1. The van der Waals surface area contributed by atoms with Crippen LogP contribution in [0.5, 0.6) is 0 Å². The molecular formula is C13H12F2N4O2S. The van der Waals surface area contributed by atoms with Gasteiger partial charge in [0.2, 0.25) is 0 Å². The Morgan fingerprint density at radius 1 is 1.32 bits per heavy atom. The highest BCUT2D eigenvalue weighted by Gasteiger charge is 2.39. The zero-order valence-corrected chi connectivity index (χ0v) is 12.2. The first kappa shape index (κ1) is 14.9. The Hall–Kier alpha value is -2.05. The van der Waals surface area contributed by atoms with E-state index in [2.05, 4.69) is 4.98 Å². The minimum absolute atomic E-state index is 0.0859. The lowest BCUT2D eigenvalue weighted by Crippen LogP contribution is -2.42. The molecule has 0 spiro atoms. The lowest BCUT2D eigenvalue weighted by Gasteiger charge is -2.30. The van der Waals surface area contributed by atoms with Gasteiger partial charge in [-0.1, -0.05) is 0 Å². The number of hydrogen-bond acceptors (Lipinski definition) is 4. The van der Waals surface area contributed by atoms with E-state index < -0.39 is 28.8 Å². The lowest BCUT2D eigenvalue weighted by molar-refractivity contribution is -0.0412. The largest absolute Gasteiger partial charge is 0.289 e. The van der Waals surface area contributed by atoms with E-state index in [9.17, 15) is 17.2 Å². The molecule has 2 aromatic heterocycles. The Balaban J connectivity index is 1.98. The number of alkyl halides is 2. The van der Waals surface area contributed by atoms with Crippen molar-refractivity contribution in [3.05, 3.63) is 30.1 Å². The zero-order chi connectivity index (χ0) is 16.0. The highest BCUT2D eigenvalue weighted by molar-refractivity contribution is 7.89. The van der Waals surface area contributed by atoms with Crippen LogP contribution in [-0.2, 0) is 10.0 Å². The van der Waals surface area contributed by atoms with Gasteiger partial charge in [0, 0.05) is 32.1 Å². The van der Waals surface area contributed by atoms with E-state index in [-0.39, 0.29) is 18.1 Å². The summed E-state index contributed by atoms with van der Waals surface area (Å²) in [6.45, 7) is -0.447. The average Bonchev–Trinajstić information content (AvgIpc) is 2.90. The lowest BCUT2D eigenvalue weighted by atomic mass is 10.1. The van der Waals surface area contributed by atoms with Crippen molar-refractivity contribution in [3.63, 3.8) is 0 Å². The van der Waals surface area contributed by atoms with E-state index in [0.29, 0.717) is 11.2 Å². The van der Waals surface area contributed by atoms with Crippen molar-refractivity contribution in [2.24, 2.45) is 0 Å². The standard InChI is InChI=1S/C13H12F2N4O2S/c14-13(15)2-5-18(6-3-13)22(20,21)12-9-17-11-7-10(8-16)1-4-19(11)12/h1,4,7,9H,2-3,5-6H2. The number of pyridine rings is 1. The molecule has 0 atom stereocenters. The molecule has 0 amide bonds. The second-order valence-electron chi connectivity index (χ2n) is 5.11. The van der Waals surface area contributed by atoms with Gasteiger partial charge in [0.25, 0.3) is 15.9 Å². The van der Waals surface area contributed by atoms with E-state index >= 15 is 0 Å². The summed E-state index contributed by atoms with van der Waals surface area (Å²) >= 11 is 0. The summed E-state index contributed by atoms with van der Waals surface area (Å²) in [7, 11) is -3.90. The summed E-state index contributed by atoms with van der Waals surface area (Å²) in [6, 6.07) is 4.87. The van der Waals surface area contributed by atoms with E-state index in [1.54, 1.807) is 0 Å². The molecule has 0 N–H and O–H groups in total. The van der Waals surface area contributed by atoms with Crippen molar-refractivity contribution < 1.29 is 17.2 Å². The molecule has 1 fully saturated rings. The molecule has 3 rings (SSSR count). The van der Waals surface area contributed by atoms with Gasteiger partial charge < -0.3 is 0 Å². The first-order valence-corrected chi connectivity index (χ1v) is 8.03. The van der Waals surface area contributed by atoms with E-state index in [1.165, 1.54) is 28.9 Å². The molecule has 1 aliphatic rings. The first-order chi connectivity index (χ1) is 10.3. The van der Waals surface area contributed by atoms with Gasteiger partial charge in [-0.05, 0) is 12.1 Å². The Morgan fingerprint density at radius 2 is 2.00 bits per heavy atom. The van der Waals surface area contributed by atoms with E-state index in [4.69, 9.17) is 5.26 Å². The van der Waals surface area contributed by atoms with Crippen LogP contribution >= 0.6 is 0 Å². The number of hydrogen-bond donors (Lipinski definition) is 0. The maximum atomic E-state index is 13.2. The van der Waals surface area contributed by atoms with Crippen LogP contribution in [0.3, 0.4) is 0 Å². The number of halogens is 2. The molecule has 9 heteroatoms. The first-order valence-electron chi connectivity index (χ1n) is 6.59. The maximum Gasteiger partial charge on any atom is 0.260 e.